The van der Waals surface area contributed by atoms with E-state index >= 15 is 0 Å². The van der Waals surface area contributed by atoms with Crippen LogP contribution >= 0.6 is 0 Å². The van der Waals surface area contributed by atoms with Gasteiger partial charge in [-0.05, 0) is 36.1 Å². The summed E-state index contributed by atoms with van der Waals surface area (Å²) < 4.78 is 0. The van der Waals surface area contributed by atoms with E-state index in [1.54, 1.807) is 12.1 Å². The number of nitrogens with one attached hydrogen (secondary N) is 1. The highest BCUT2D eigenvalue weighted by Crippen LogP contribution is 2.21. The number of hydrogen-bond acceptors (Lipinski definition) is 3. The molecule has 0 bridgehead atoms. The van der Waals surface area contributed by atoms with Gasteiger partial charge in [0.15, 0.2) is 0 Å². The summed E-state index contributed by atoms with van der Waals surface area (Å²) in [6.07, 6.45) is 1.40. The zero-order valence-corrected chi connectivity index (χ0v) is 12.6. The van der Waals surface area contributed by atoms with Gasteiger partial charge in [0.2, 0.25) is 5.91 Å². The maximum Gasteiger partial charge on any atom is 0.303 e. The van der Waals surface area contributed by atoms with E-state index in [1.165, 1.54) is 0 Å². The van der Waals surface area contributed by atoms with Crippen molar-refractivity contribution < 1.29 is 14.7 Å². The van der Waals surface area contributed by atoms with Crippen molar-refractivity contribution in [1.82, 2.24) is 0 Å². The molecule has 0 fully saturated rings. The summed E-state index contributed by atoms with van der Waals surface area (Å²) in [5, 5.41) is 11.6. The first-order valence-electron chi connectivity index (χ1n) is 7.27. The van der Waals surface area contributed by atoms with Crippen molar-refractivity contribution in [3.63, 3.8) is 0 Å². The van der Waals surface area contributed by atoms with Crippen LogP contribution in [0.25, 0.3) is 0 Å². The van der Waals surface area contributed by atoms with Gasteiger partial charge in [-0.25, -0.2) is 0 Å². The Kier molecular flexibility index (Phi) is 6.88. The topological polar surface area (TPSA) is 92.4 Å². The second-order valence-electron chi connectivity index (χ2n) is 5.38. The Labute approximate surface area is 125 Å². The Hall–Kier alpha value is -1.88. The molecule has 1 amide bonds. The molecule has 0 aromatic heterocycles. The summed E-state index contributed by atoms with van der Waals surface area (Å²) in [5.41, 5.74) is 7.26. The lowest BCUT2D eigenvalue weighted by Crippen LogP contribution is -2.21. The number of anilines is 1. The number of carboxylic acid groups (broad SMARTS) is 1. The summed E-state index contributed by atoms with van der Waals surface area (Å²) in [6, 6.07) is 7.30. The normalized spacial score (nSPS) is 13.5. The smallest absolute Gasteiger partial charge is 0.303 e. The van der Waals surface area contributed by atoms with Crippen LogP contribution in [0.15, 0.2) is 24.3 Å². The molecular weight excluding hydrogens is 268 g/mol. The molecular formula is C16H24N2O3. The Balaban J connectivity index is 2.58. The molecule has 2 atom stereocenters. The molecule has 1 aromatic rings. The van der Waals surface area contributed by atoms with Gasteiger partial charge >= 0.3 is 5.97 Å². The second kappa shape index (κ2) is 8.42. The molecule has 0 radical (unpaired) electrons. The first kappa shape index (κ1) is 17.2. The van der Waals surface area contributed by atoms with Gasteiger partial charge in [-0.15, -0.1) is 0 Å². The van der Waals surface area contributed by atoms with E-state index in [2.05, 4.69) is 5.32 Å². The van der Waals surface area contributed by atoms with Crippen molar-refractivity contribution in [2.75, 3.05) is 11.9 Å². The summed E-state index contributed by atoms with van der Waals surface area (Å²) in [5.74, 6) is -0.695. The number of aliphatic carboxylic acids is 1. The maximum atomic E-state index is 11.9. The van der Waals surface area contributed by atoms with Crippen molar-refractivity contribution >= 4 is 17.6 Å². The largest absolute Gasteiger partial charge is 0.481 e. The van der Waals surface area contributed by atoms with Crippen LogP contribution in [-0.2, 0) is 9.59 Å². The fourth-order valence-electron chi connectivity index (χ4n) is 2.14. The van der Waals surface area contributed by atoms with Gasteiger partial charge in [-0.3, -0.25) is 9.59 Å². The molecule has 0 saturated carbocycles. The molecule has 0 aliphatic carbocycles. The highest BCUT2D eigenvalue weighted by atomic mass is 16.4. The number of rotatable bonds is 8. The minimum atomic E-state index is -0.813. The predicted octanol–water partition coefficient (Wildman–Crippen LogP) is 2.58. The average Bonchev–Trinajstić information content (AvgIpc) is 2.44. The predicted molar refractivity (Wildman–Crippen MR) is 83.2 cm³/mol. The summed E-state index contributed by atoms with van der Waals surface area (Å²) in [7, 11) is 0. The number of hydrogen-bond donors (Lipinski definition) is 3. The number of nitrogens with two attached hydrogens (primary N) is 1. The zero-order chi connectivity index (χ0) is 15.8. The van der Waals surface area contributed by atoms with Gasteiger partial charge in [0.25, 0.3) is 0 Å². The standard InChI is InChI=1S/C16H24N2O3/c1-3-12(10-17)9-15(19)18-14-6-4-13(5-7-14)11(2)8-16(20)21/h4-7,11-12H,3,8-10,17H2,1-2H3,(H,18,19)(H,20,21). The lowest BCUT2D eigenvalue weighted by atomic mass is 9.97. The fourth-order valence-corrected chi connectivity index (χ4v) is 2.14. The van der Waals surface area contributed by atoms with Crippen LogP contribution in [0.5, 0.6) is 0 Å². The first-order valence-corrected chi connectivity index (χ1v) is 7.27. The second-order valence-corrected chi connectivity index (χ2v) is 5.38. The van der Waals surface area contributed by atoms with Crippen molar-refractivity contribution in [2.45, 2.75) is 39.0 Å². The SMILES string of the molecule is CCC(CN)CC(=O)Nc1ccc(C(C)CC(=O)O)cc1. The van der Waals surface area contributed by atoms with E-state index in [-0.39, 0.29) is 24.2 Å². The monoisotopic (exact) mass is 292 g/mol. The lowest BCUT2D eigenvalue weighted by molar-refractivity contribution is -0.137. The molecule has 5 nitrogen and oxygen atoms in total. The Morgan fingerprint density at radius 2 is 1.86 bits per heavy atom. The van der Waals surface area contributed by atoms with E-state index in [9.17, 15) is 9.59 Å². The number of carbonyl (C=O) groups excluding carboxylic acids is 1. The molecule has 0 aliphatic rings. The molecule has 116 valence electrons. The molecule has 0 spiro atoms. The van der Waals surface area contributed by atoms with Crippen molar-refractivity contribution in [3.8, 4) is 0 Å². The molecule has 2 unspecified atom stereocenters. The van der Waals surface area contributed by atoms with Crippen LogP contribution < -0.4 is 11.1 Å². The van der Waals surface area contributed by atoms with E-state index in [0.29, 0.717) is 13.0 Å². The highest BCUT2D eigenvalue weighted by molar-refractivity contribution is 5.90. The van der Waals surface area contributed by atoms with E-state index in [0.717, 1.165) is 17.7 Å². The zero-order valence-electron chi connectivity index (χ0n) is 12.6. The van der Waals surface area contributed by atoms with E-state index < -0.39 is 5.97 Å². The number of carboxylic acids is 1. The highest BCUT2D eigenvalue weighted by Gasteiger charge is 2.12. The summed E-state index contributed by atoms with van der Waals surface area (Å²) in [6.45, 7) is 4.40. The fraction of sp³-hybridized carbons (Fsp3) is 0.500. The lowest BCUT2D eigenvalue weighted by Gasteiger charge is -2.13. The average molecular weight is 292 g/mol. The van der Waals surface area contributed by atoms with Crippen LogP contribution in [-0.4, -0.2) is 23.5 Å². The van der Waals surface area contributed by atoms with Gasteiger partial charge < -0.3 is 16.2 Å². The maximum absolute atomic E-state index is 11.9. The molecule has 0 aliphatic heterocycles. The van der Waals surface area contributed by atoms with Crippen molar-refractivity contribution in [2.24, 2.45) is 11.7 Å². The molecule has 4 N–H and O–H groups in total. The quantitative estimate of drug-likeness (QED) is 0.686. The summed E-state index contributed by atoms with van der Waals surface area (Å²) >= 11 is 0. The van der Waals surface area contributed by atoms with E-state index in [4.69, 9.17) is 10.8 Å². The van der Waals surface area contributed by atoms with Gasteiger partial charge in [-0.2, -0.15) is 0 Å². The van der Waals surface area contributed by atoms with Gasteiger partial charge in [0.05, 0.1) is 6.42 Å². The first-order chi connectivity index (χ1) is 9.96. The van der Waals surface area contributed by atoms with E-state index in [1.807, 2.05) is 26.0 Å². The molecule has 1 rings (SSSR count). The Morgan fingerprint density at radius 3 is 2.33 bits per heavy atom. The van der Waals surface area contributed by atoms with Crippen molar-refractivity contribution in [1.29, 1.82) is 0 Å². The minimum absolute atomic E-state index is 0.0429. The molecule has 5 heteroatoms. The van der Waals surface area contributed by atoms with Gasteiger partial charge in [-0.1, -0.05) is 32.4 Å². The van der Waals surface area contributed by atoms with Crippen LogP contribution in [0.1, 0.15) is 44.6 Å². The summed E-state index contributed by atoms with van der Waals surface area (Å²) in [4.78, 5) is 22.5. The molecule has 21 heavy (non-hydrogen) atoms. The number of amides is 1. The van der Waals surface area contributed by atoms with Crippen LogP contribution in [0.3, 0.4) is 0 Å². The molecule has 1 aromatic carbocycles. The van der Waals surface area contributed by atoms with Crippen LogP contribution in [0.2, 0.25) is 0 Å². The van der Waals surface area contributed by atoms with Crippen molar-refractivity contribution in [3.05, 3.63) is 29.8 Å². The van der Waals surface area contributed by atoms with Gasteiger partial charge in [0.1, 0.15) is 0 Å². The third kappa shape index (κ3) is 5.95. The Morgan fingerprint density at radius 1 is 1.24 bits per heavy atom. The Bertz CT molecular complexity index is 467. The van der Waals surface area contributed by atoms with Gasteiger partial charge in [0, 0.05) is 12.1 Å². The van der Waals surface area contributed by atoms with Crippen LogP contribution in [0.4, 0.5) is 5.69 Å². The number of benzene rings is 1. The third-order valence-electron chi connectivity index (χ3n) is 3.63. The number of carbonyl (C=O) groups is 2. The third-order valence-corrected chi connectivity index (χ3v) is 3.63. The minimum Gasteiger partial charge on any atom is -0.481 e. The molecule has 0 saturated heterocycles. The molecule has 0 heterocycles. The van der Waals surface area contributed by atoms with Crippen LogP contribution in [0, 0.1) is 5.92 Å².